The largest absolute Gasteiger partial charge is 0.425 e. The van der Waals surface area contributed by atoms with E-state index in [0.29, 0.717) is 11.4 Å². The van der Waals surface area contributed by atoms with Gasteiger partial charge >= 0.3 is 0 Å². The lowest BCUT2D eigenvalue weighted by atomic mass is 10.3. The Balaban J connectivity index is 2.99. The number of anilines is 1. The average Bonchev–Trinajstić information content (AvgIpc) is 2.04. The molecule has 1 rings (SSSR count). The fraction of sp³-hybridized carbons (Fsp3) is 0. The molecule has 1 atom stereocenters. The summed E-state index contributed by atoms with van der Waals surface area (Å²) in [4.78, 5) is 0. The Labute approximate surface area is 81.0 Å². The van der Waals surface area contributed by atoms with Crippen molar-refractivity contribution in [2.75, 3.05) is 5.73 Å². The highest BCUT2D eigenvalue weighted by molar-refractivity contribution is 14.1. The van der Waals surface area contributed by atoms with Crippen LogP contribution in [-0.4, -0.2) is 0 Å². The molecule has 1 unspecified atom stereocenters. The third-order valence-corrected chi connectivity index (χ3v) is 2.38. The molecule has 0 aliphatic carbocycles. The Morgan fingerprint density at radius 1 is 1.45 bits per heavy atom. The molecule has 0 radical (unpaired) electrons. The van der Waals surface area contributed by atoms with Crippen LogP contribution >= 0.6 is 31.7 Å². The monoisotopic (exact) mass is 282 g/mol. The summed E-state index contributed by atoms with van der Waals surface area (Å²) in [7, 11) is 0.286. The van der Waals surface area contributed by atoms with E-state index >= 15 is 0 Å². The van der Waals surface area contributed by atoms with Gasteiger partial charge in [-0.1, -0.05) is 0 Å². The highest BCUT2D eigenvalue weighted by Gasteiger charge is 1.98. The Bertz CT molecular complexity index is 256. The second-order valence-electron chi connectivity index (χ2n) is 1.97. The van der Waals surface area contributed by atoms with Crippen LogP contribution in [0.4, 0.5) is 5.69 Å². The van der Waals surface area contributed by atoms with Gasteiger partial charge in [-0.05, 0) is 32.2 Å². The van der Waals surface area contributed by atoms with Gasteiger partial charge in [-0.2, -0.15) is 0 Å². The van der Waals surface area contributed by atoms with Gasteiger partial charge in [0.25, 0.3) is 0 Å². The summed E-state index contributed by atoms with van der Waals surface area (Å²) in [6.45, 7) is 0. The smallest absolute Gasteiger partial charge is 0.192 e. The first-order valence-corrected chi connectivity index (χ1v) is 4.88. The number of nitrogen functional groups attached to an aromatic ring is 1. The van der Waals surface area contributed by atoms with Crippen molar-refractivity contribution < 1.29 is 3.07 Å². The molecule has 1 aromatic carbocycles. The van der Waals surface area contributed by atoms with Crippen LogP contribution in [0.5, 0.6) is 5.75 Å². The number of benzene rings is 1. The van der Waals surface area contributed by atoms with Gasteiger partial charge in [0.1, 0.15) is 0 Å². The summed E-state index contributed by atoms with van der Waals surface area (Å²) in [6.07, 6.45) is 0. The third-order valence-electron chi connectivity index (χ3n) is 1.26. The minimum atomic E-state index is 0.286. The van der Waals surface area contributed by atoms with Crippen LogP contribution in [0.1, 0.15) is 0 Å². The lowest BCUT2D eigenvalue weighted by molar-refractivity contribution is 0.721. The predicted octanol–water partition coefficient (Wildman–Crippen LogP) is 1.18. The molecule has 11 heavy (non-hydrogen) atoms. The molecule has 0 aromatic heterocycles. The Kier molecular flexibility index (Phi) is 3.36. The molecule has 0 amide bonds. The van der Waals surface area contributed by atoms with Gasteiger partial charge < -0.3 is 14.3 Å². The van der Waals surface area contributed by atoms with Crippen molar-refractivity contribution in [2.24, 2.45) is 5.50 Å². The highest BCUT2D eigenvalue weighted by atomic mass is 127. The molecular weight excluding hydrogens is 274 g/mol. The minimum Gasteiger partial charge on any atom is -0.425 e. The maximum Gasteiger partial charge on any atom is 0.192 e. The first kappa shape index (κ1) is 9.03. The zero-order valence-electron chi connectivity index (χ0n) is 5.67. The summed E-state index contributed by atoms with van der Waals surface area (Å²) in [5.41, 5.74) is 11.7. The molecule has 0 heterocycles. The minimum absolute atomic E-state index is 0.286. The van der Waals surface area contributed by atoms with Crippen LogP contribution in [0, 0.1) is 0 Å². The highest BCUT2D eigenvalue weighted by Crippen LogP contribution is 2.22. The van der Waals surface area contributed by atoms with E-state index in [9.17, 15) is 0 Å². The fourth-order valence-electron chi connectivity index (χ4n) is 0.709. The lowest BCUT2D eigenvalue weighted by Gasteiger charge is -2.02. The van der Waals surface area contributed by atoms with Gasteiger partial charge in [-0.3, -0.25) is 0 Å². The van der Waals surface area contributed by atoms with E-state index in [4.69, 9.17) is 14.3 Å². The average molecular weight is 282 g/mol. The van der Waals surface area contributed by atoms with E-state index in [1.165, 1.54) is 0 Å². The zero-order chi connectivity index (χ0) is 8.27. The molecule has 3 nitrogen and oxygen atoms in total. The van der Waals surface area contributed by atoms with Crippen LogP contribution < -0.4 is 19.6 Å². The molecule has 0 saturated carbocycles. The van der Waals surface area contributed by atoms with Crippen molar-refractivity contribution in [3.05, 3.63) is 18.2 Å². The summed E-state index contributed by atoms with van der Waals surface area (Å²) >= 11 is 1.79. The second kappa shape index (κ2) is 4.09. The molecule has 5 heteroatoms. The number of nitrogens with two attached hydrogens (primary N) is 2. The fourth-order valence-corrected chi connectivity index (χ4v) is 1.53. The Hall–Kier alpha value is -0.0600. The summed E-state index contributed by atoms with van der Waals surface area (Å²) in [5.74, 6) is 0.688. The summed E-state index contributed by atoms with van der Waals surface area (Å²) in [5, 5.41) is 1.04. The van der Waals surface area contributed by atoms with Crippen LogP contribution in [0.25, 0.3) is 0 Å². The number of rotatable bonds is 2. The van der Waals surface area contributed by atoms with Crippen LogP contribution in [-0.2, 0) is 0 Å². The van der Waals surface area contributed by atoms with Gasteiger partial charge in [0.2, 0.25) is 0 Å². The maximum absolute atomic E-state index is 5.63. The van der Waals surface area contributed by atoms with Crippen LogP contribution in [0.3, 0.4) is 0 Å². The standard InChI is InChI=1S/C6H8IN2OP/c7-10-6-2-1-4(11-9)3-5(6)8/h1-3,11H,8-9H2. The third kappa shape index (κ3) is 2.18. The molecule has 0 aliphatic rings. The number of hydrogen-bond acceptors (Lipinski definition) is 3. The SMILES string of the molecule is NPc1ccc(OI)c(N)c1. The van der Waals surface area contributed by atoms with E-state index in [2.05, 4.69) is 0 Å². The summed E-state index contributed by atoms with van der Waals surface area (Å²) < 4.78 is 4.95. The van der Waals surface area contributed by atoms with Crippen molar-refractivity contribution in [1.29, 1.82) is 0 Å². The van der Waals surface area contributed by atoms with Crippen molar-refractivity contribution in [3.63, 3.8) is 0 Å². The van der Waals surface area contributed by atoms with Crippen LogP contribution in [0.2, 0.25) is 0 Å². The molecule has 0 aliphatic heterocycles. The quantitative estimate of drug-likeness (QED) is 0.486. The van der Waals surface area contributed by atoms with E-state index in [-0.39, 0.29) is 8.73 Å². The van der Waals surface area contributed by atoms with Crippen molar-refractivity contribution in [3.8, 4) is 5.75 Å². The van der Waals surface area contributed by atoms with Gasteiger partial charge in [-0.25, -0.2) is 0 Å². The van der Waals surface area contributed by atoms with Gasteiger partial charge in [0.05, 0.1) is 5.69 Å². The van der Waals surface area contributed by atoms with Gasteiger partial charge in [0, 0.05) is 0 Å². The second-order valence-corrected chi connectivity index (χ2v) is 3.28. The number of halogens is 1. The van der Waals surface area contributed by atoms with Crippen molar-refractivity contribution >= 4 is 42.7 Å². The molecule has 0 fully saturated rings. The molecular formula is C6H8IN2OP. The first-order valence-electron chi connectivity index (χ1n) is 2.92. The van der Waals surface area contributed by atoms with Crippen molar-refractivity contribution in [1.82, 2.24) is 0 Å². The number of hydrogen-bond donors (Lipinski definition) is 2. The first-order chi connectivity index (χ1) is 5.27. The molecule has 1 aromatic rings. The predicted molar refractivity (Wildman–Crippen MR) is 57.6 cm³/mol. The maximum atomic E-state index is 5.63. The Morgan fingerprint density at radius 2 is 2.18 bits per heavy atom. The zero-order valence-corrected chi connectivity index (χ0v) is 8.83. The van der Waals surface area contributed by atoms with E-state index < -0.39 is 0 Å². The molecule has 4 N–H and O–H groups in total. The van der Waals surface area contributed by atoms with E-state index in [1.54, 1.807) is 23.0 Å². The van der Waals surface area contributed by atoms with E-state index in [1.807, 2.05) is 18.2 Å². The molecule has 0 bridgehead atoms. The molecule has 0 spiro atoms. The van der Waals surface area contributed by atoms with Gasteiger partial charge in [0.15, 0.2) is 28.8 Å². The Morgan fingerprint density at radius 3 is 2.64 bits per heavy atom. The summed E-state index contributed by atoms with van der Waals surface area (Å²) in [6, 6.07) is 5.55. The molecule has 0 saturated heterocycles. The van der Waals surface area contributed by atoms with Crippen LogP contribution in [0.15, 0.2) is 18.2 Å². The topological polar surface area (TPSA) is 61.3 Å². The lowest BCUT2D eigenvalue weighted by Crippen LogP contribution is -2.00. The molecule has 60 valence electrons. The van der Waals surface area contributed by atoms with Crippen molar-refractivity contribution in [2.45, 2.75) is 0 Å². The van der Waals surface area contributed by atoms with Gasteiger partial charge in [-0.15, -0.1) is 0 Å². The normalized spacial score (nSPS) is 10.7. The van der Waals surface area contributed by atoms with E-state index in [0.717, 1.165) is 5.30 Å².